The second kappa shape index (κ2) is 8.63. The zero-order chi connectivity index (χ0) is 19.4. The Hall–Kier alpha value is -2.24. The Morgan fingerprint density at radius 1 is 1.11 bits per heavy atom. The molecule has 2 aromatic rings. The quantitative estimate of drug-likeness (QED) is 0.639. The van der Waals surface area contributed by atoms with Crippen LogP contribution < -0.4 is 16.0 Å². The molecule has 3 N–H and O–H groups in total. The van der Waals surface area contributed by atoms with E-state index in [1.165, 1.54) is 0 Å². The number of nitrogens with one attached hydrogen (secondary N) is 3. The van der Waals surface area contributed by atoms with E-state index in [1.807, 2.05) is 37.3 Å². The Morgan fingerprint density at radius 2 is 1.89 bits per heavy atom. The molecule has 142 valence electrons. The van der Waals surface area contributed by atoms with Crippen molar-refractivity contribution in [2.45, 2.75) is 32.4 Å². The molecule has 27 heavy (non-hydrogen) atoms. The van der Waals surface area contributed by atoms with Gasteiger partial charge in [-0.2, -0.15) is 0 Å². The number of benzene rings is 2. The number of carbonyl (C=O) groups excluding carboxylic acids is 2. The number of rotatable bonds is 6. The minimum atomic E-state index is -0.291. The molecule has 1 atom stereocenters. The van der Waals surface area contributed by atoms with Gasteiger partial charge < -0.3 is 16.0 Å². The third kappa shape index (κ3) is 5.62. The molecule has 0 heterocycles. The van der Waals surface area contributed by atoms with Crippen molar-refractivity contribution < 1.29 is 9.59 Å². The first kappa shape index (κ1) is 19.5. The maximum absolute atomic E-state index is 12.2. The van der Waals surface area contributed by atoms with E-state index in [0.717, 1.165) is 29.7 Å². The van der Waals surface area contributed by atoms with E-state index in [0.29, 0.717) is 16.6 Å². The van der Waals surface area contributed by atoms with Gasteiger partial charge >= 0.3 is 6.03 Å². The second-order valence-corrected chi connectivity index (χ2v) is 7.50. The van der Waals surface area contributed by atoms with Gasteiger partial charge in [0.2, 0.25) is 5.91 Å². The number of carbonyl (C=O) groups is 2. The van der Waals surface area contributed by atoms with Crippen molar-refractivity contribution >= 4 is 40.8 Å². The zero-order valence-electron chi connectivity index (χ0n) is 14.9. The van der Waals surface area contributed by atoms with Gasteiger partial charge in [0.15, 0.2) is 0 Å². The SMILES string of the molecule is C[C@@H](NC(=O)NCc1cccc(NC(=O)C2CC2)c1)c1ccc(Cl)c(Cl)c1. The summed E-state index contributed by atoms with van der Waals surface area (Å²) in [5.41, 5.74) is 2.51. The molecule has 2 aromatic carbocycles. The van der Waals surface area contributed by atoms with Gasteiger partial charge in [-0.3, -0.25) is 4.79 Å². The molecule has 0 spiro atoms. The first-order chi connectivity index (χ1) is 12.9. The standard InChI is InChI=1S/C20H21Cl2N3O2/c1-12(15-7-8-17(21)18(22)10-15)24-20(27)23-11-13-3-2-4-16(9-13)25-19(26)14-5-6-14/h2-4,7-10,12,14H,5-6,11H2,1H3,(H,25,26)(H2,23,24,27)/t12-/m1/s1. The third-order valence-electron chi connectivity index (χ3n) is 4.39. The van der Waals surface area contributed by atoms with Gasteiger partial charge in [0, 0.05) is 18.2 Å². The van der Waals surface area contributed by atoms with Gasteiger partial charge in [-0.1, -0.05) is 41.4 Å². The third-order valence-corrected chi connectivity index (χ3v) is 5.13. The Balaban J connectivity index is 1.51. The number of urea groups is 1. The number of anilines is 1. The van der Waals surface area contributed by atoms with Crippen LogP contribution in [0.3, 0.4) is 0 Å². The molecule has 1 aliphatic rings. The lowest BCUT2D eigenvalue weighted by atomic mass is 10.1. The Morgan fingerprint density at radius 3 is 2.59 bits per heavy atom. The molecule has 0 aliphatic heterocycles. The zero-order valence-corrected chi connectivity index (χ0v) is 16.4. The molecule has 0 radical (unpaired) electrons. The predicted octanol–water partition coefficient (Wildman–Crippen LogP) is 4.90. The van der Waals surface area contributed by atoms with Crippen LogP contribution in [0.4, 0.5) is 10.5 Å². The van der Waals surface area contributed by atoms with Gasteiger partial charge in [-0.25, -0.2) is 4.79 Å². The van der Waals surface area contributed by atoms with E-state index in [4.69, 9.17) is 23.2 Å². The smallest absolute Gasteiger partial charge is 0.315 e. The molecule has 0 saturated heterocycles. The Labute approximate surface area is 168 Å². The lowest BCUT2D eigenvalue weighted by molar-refractivity contribution is -0.117. The molecule has 1 saturated carbocycles. The molecule has 5 nitrogen and oxygen atoms in total. The van der Waals surface area contributed by atoms with Crippen molar-refractivity contribution in [2.75, 3.05) is 5.32 Å². The van der Waals surface area contributed by atoms with Crippen molar-refractivity contribution in [1.82, 2.24) is 10.6 Å². The van der Waals surface area contributed by atoms with E-state index < -0.39 is 0 Å². The number of amides is 3. The fraction of sp³-hybridized carbons (Fsp3) is 0.300. The first-order valence-corrected chi connectivity index (χ1v) is 9.57. The average molecular weight is 406 g/mol. The first-order valence-electron chi connectivity index (χ1n) is 8.81. The highest BCUT2D eigenvalue weighted by atomic mass is 35.5. The van der Waals surface area contributed by atoms with Crippen LogP contribution in [-0.2, 0) is 11.3 Å². The number of hydrogen-bond acceptors (Lipinski definition) is 2. The van der Waals surface area contributed by atoms with Crippen LogP contribution in [0.15, 0.2) is 42.5 Å². The van der Waals surface area contributed by atoms with Crippen LogP contribution >= 0.6 is 23.2 Å². The fourth-order valence-electron chi connectivity index (χ4n) is 2.64. The molecule has 3 rings (SSSR count). The molecular formula is C20H21Cl2N3O2. The maximum atomic E-state index is 12.2. The second-order valence-electron chi connectivity index (χ2n) is 6.69. The summed E-state index contributed by atoms with van der Waals surface area (Å²) < 4.78 is 0. The van der Waals surface area contributed by atoms with E-state index >= 15 is 0 Å². The lowest BCUT2D eigenvalue weighted by Gasteiger charge is -2.16. The molecule has 0 unspecified atom stereocenters. The van der Waals surface area contributed by atoms with E-state index in [2.05, 4.69) is 16.0 Å². The van der Waals surface area contributed by atoms with Crippen LogP contribution in [0.2, 0.25) is 10.0 Å². The van der Waals surface area contributed by atoms with Crippen LogP contribution in [0.25, 0.3) is 0 Å². The van der Waals surface area contributed by atoms with E-state index in [1.54, 1.807) is 12.1 Å². The van der Waals surface area contributed by atoms with Crippen molar-refractivity contribution in [2.24, 2.45) is 5.92 Å². The highest BCUT2D eigenvalue weighted by Gasteiger charge is 2.29. The summed E-state index contributed by atoms with van der Waals surface area (Å²) >= 11 is 11.9. The van der Waals surface area contributed by atoms with Gasteiger partial charge in [-0.05, 0) is 55.2 Å². The molecule has 7 heteroatoms. The number of halogens is 2. The Kier molecular flexibility index (Phi) is 6.24. The molecule has 1 aliphatic carbocycles. The predicted molar refractivity (Wildman–Crippen MR) is 108 cm³/mol. The normalized spacial score (nSPS) is 14.3. The van der Waals surface area contributed by atoms with Crippen molar-refractivity contribution in [3.63, 3.8) is 0 Å². The van der Waals surface area contributed by atoms with Crippen molar-refractivity contribution in [1.29, 1.82) is 0 Å². The summed E-state index contributed by atoms with van der Waals surface area (Å²) in [6.07, 6.45) is 1.93. The molecule has 0 bridgehead atoms. The molecular weight excluding hydrogens is 385 g/mol. The highest BCUT2D eigenvalue weighted by molar-refractivity contribution is 6.42. The average Bonchev–Trinajstić information content (AvgIpc) is 3.48. The molecule has 3 amide bonds. The highest BCUT2D eigenvalue weighted by Crippen LogP contribution is 2.30. The van der Waals surface area contributed by atoms with Crippen LogP contribution in [-0.4, -0.2) is 11.9 Å². The van der Waals surface area contributed by atoms with E-state index in [9.17, 15) is 9.59 Å². The summed E-state index contributed by atoms with van der Waals surface area (Å²) in [6, 6.07) is 12.2. The number of hydrogen-bond donors (Lipinski definition) is 3. The van der Waals surface area contributed by atoms with Crippen LogP contribution in [0.5, 0.6) is 0 Å². The monoisotopic (exact) mass is 405 g/mol. The summed E-state index contributed by atoms with van der Waals surface area (Å²) in [4.78, 5) is 24.0. The van der Waals surface area contributed by atoms with Gasteiger partial charge in [0.25, 0.3) is 0 Å². The topological polar surface area (TPSA) is 70.2 Å². The van der Waals surface area contributed by atoms with Crippen LogP contribution in [0, 0.1) is 5.92 Å². The maximum Gasteiger partial charge on any atom is 0.315 e. The van der Waals surface area contributed by atoms with Gasteiger partial charge in [-0.15, -0.1) is 0 Å². The lowest BCUT2D eigenvalue weighted by Crippen LogP contribution is -2.36. The minimum absolute atomic E-state index is 0.0632. The molecule has 0 aromatic heterocycles. The largest absolute Gasteiger partial charge is 0.334 e. The van der Waals surface area contributed by atoms with Gasteiger partial charge in [0.05, 0.1) is 16.1 Å². The van der Waals surface area contributed by atoms with Gasteiger partial charge in [0.1, 0.15) is 0 Å². The molecule has 1 fully saturated rings. The van der Waals surface area contributed by atoms with Crippen LogP contribution in [0.1, 0.15) is 36.9 Å². The van der Waals surface area contributed by atoms with Crippen molar-refractivity contribution in [3.8, 4) is 0 Å². The summed E-state index contributed by atoms with van der Waals surface area (Å²) in [5, 5.41) is 9.52. The minimum Gasteiger partial charge on any atom is -0.334 e. The van der Waals surface area contributed by atoms with E-state index in [-0.39, 0.29) is 23.9 Å². The van der Waals surface area contributed by atoms with Crippen molar-refractivity contribution in [3.05, 3.63) is 63.6 Å². The Bertz CT molecular complexity index is 853. The summed E-state index contributed by atoms with van der Waals surface area (Å²) in [7, 11) is 0. The summed E-state index contributed by atoms with van der Waals surface area (Å²) in [5.74, 6) is 0.216. The fourth-order valence-corrected chi connectivity index (χ4v) is 2.95. The summed E-state index contributed by atoms with van der Waals surface area (Å²) in [6.45, 7) is 2.22.